The van der Waals surface area contributed by atoms with Crippen molar-refractivity contribution in [2.24, 2.45) is 10.7 Å². The first-order chi connectivity index (χ1) is 10.1. The predicted octanol–water partition coefficient (Wildman–Crippen LogP) is 1.90. The SMILES string of the molecule is CCC(NNC)C(C)/N=C(\N)c1cc(F)cc2[nH]ccc12. The van der Waals surface area contributed by atoms with E-state index in [1.54, 1.807) is 6.20 Å². The third-order valence-corrected chi connectivity index (χ3v) is 3.60. The first-order valence-electron chi connectivity index (χ1n) is 7.09. The van der Waals surface area contributed by atoms with Crippen molar-refractivity contribution in [1.82, 2.24) is 15.8 Å². The molecule has 0 aliphatic carbocycles. The number of aromatic amines is 1. The molecule has 1 heterocycles. The Morgan fingerprint density at radius 3 is 2.90 bits per heavy atom. The summed E-state index contributed by atoms with van der Waals surface area (Å²) >= 11 is 0. The highest BCUT2D eigenvalue weighted by molar-refractivity contribution is 6.08. The number of benzene rings is 1. The second-order valence-corrected chi connectivity index (χ2v) is 5.06. The minimum Gasteiger partial charge on any atom is -0.383 e. The fraction of sp³-hybridized carbons (Fsp3) is 0.400. The lowest BCUT2D eigenvalue weighted by molar-refractivity contribution is 0.399. The molecule has 5 N–H and O–H groups in total. The standard InChI is InChI=1S/C15H22FN5/c1-4-13(21-18-3)9(2)20-15(17)12-7-10(16)8-14-11(12)5-6-19-14/h5-9,13,18-19,21H,4H2,1-3H3,(H2,17,20). The van der Waals surface area contributed by atoms with Crippen LogP contribution in [0, 0.1) is 5.82 Å². The molecule has 2 rings (SSSR count). The normalized spacial score (nSPS) is 15.3. The Labute approximate surface area is 123 Å². The Morgan fingerprint density at radius 2 is 2.24 bits per heavy atom. The molecule has 5 nitrogen and oxygen atoms in total. The highest BCUT2D eigenvalue weighted by Gasteiger charge is 2.15. The molecule has 1 aromatic heterocycles. The van der Waals surface area contributed by atoms with E-state index in [1.165, 1.54) is 12.1 Å². The molecular formula is C15H22FN5. The molecule has 0 fully saturated rings. The number of aromatic nitrogens is 1. The minimum atomic E-state index is -0.328. The van der Waals surface area contributed by atoms with Gasteiger partial charge in [-0.3, -0.25) is 15.8 Å². The number of nitrogens with zero attached hydrogens (tertiary/aromatic N) is 1. The molecule has 1 aromatic carbocycles. The van der Waals surface area contributed by atoms with Gasteiger partial charge >= 0.3 is 0 Å². The van der Waals surface area contributed by atoms with E-state index < -0.39 is 0 Å². The first kappa shape index (κ1) is 15.5. The third kappa shape index (κ3) is 3.40. The van der Waals surface area contributed by atoms with E-state index in [9.17, 15) is 4.39 Å². The quantitative estimate of drug-likeness (QED) is 0.373. The first-order valence-corrected chi connectivity index (χ1v) is 7.09. The van der Waals surface area contributed by atoms with Crippen LogP contribution >= 0.6 is 0 Å². The van der Waals surface area contributed by atoms with Crippen LogP contribution in [0.4, 0.5) is 4.39 Å². The van der Waals surface area contributed by atoms with Crippen LogP contribution in [-0.2, 0) is 0 Å². The summed E-state index contributed by atoms with van der Waals surface area (Å²) in [6.07, 6.45) is 2.67. The molecule has 0 saturated carbocycles. The molecule has 6 heteroatoms. The number of nitrogens with one attached hydrogen (secondary N) is 3. The van der Waals surface area contributed by atoms with Crippen LogP contribution in [0.15, 0.2) is 29.4 Å². The second kappa shape index (κ2) is 6.69. The summed E-state index contributed by atoms with van der Waals surface area (Å²) < 4.78 is 13.7. The van der Waals surface area contributed by atoms with E-state index in [0.29, 0.717) is 11.4 Å². The van der Waals surface area contributed by atoms with E-state index in [1.807, 2.05) is 20.0 Å². The van der Waals surface area contributed by atoms with Crippen molar-refractivity contribution in [3.63, 3.8) is 0 Å². The van der Waals surface area contributed by atoms with Gasteiger partial charge in [-0.25, -0.2) is 4.39 Å². The zero-order chi connectivity index (χ0) is 15.4. The maximum atomic E-state index is 13.7. The van der Waals surface area contributed by atoms with E-state index in [0.717, 1.165) is 17.3 Å². The molecule has 0 radical (unpaired) electrons. The van der Waals surface area contributed by atoms with Gasteiger partial charge in [-0.05, 0) is 38.6 Å². The van der Waals surface area contributed by atoms with Crippen LogP contribution in [0.5, 0.6) is 0 Å². The molecule has 0 aliphatic heterocycles. The summed E-state index contributed by atoms with van der Waals surface area (Å²) in [5, 5.41) is 0.875. The third-order valence-electron chi connectivity index (χ3n) is 3.60. The molecule has 0 aliphatic rings. The van der Waals surface area contributed by atoms with E-state index >= 15 is 0 Å². The Hall–Kier alpha value is -1.92. The topological polar surface area (TPSA) is 78.2 Å². The summed E-state index contributed by atoms with van der Waals surface area (Å²) in [7, 11) is 1.82. The number of halogens is 1. The second-order valence-electron chi connectivity index (χ2n) is 5.06. The van der Waals surface area contributed by atoms with E-state index in [-0.39, 0.29) is 17.9 Å². The van der Waals surface area contributed by atoms with Crippen molar-refractivity contribution >= 4 is 16.7 Å². The number of hydrogen-bond acceptors (Lipinski definition) is 3. The van der Waals surface area contributed by atoms with Crippen molar-refractivity contribution in [2.45, 2.75) is 32.4 Å². The molecule has 0 bridgehead atoms. The van der Waals surface area contributed by atoms with Crippen LogP contribution in [0.3, 0.4) is 0 Å². The molecule has 114 valence electrons. The van der Waals surface area contributed by atoms with Crippen molar-refractivity contribution in [3.8, 4) is 0 Å². The number of fused-ring (bicyclic) bond motifs is 1. The zero-order valence-corrected chi connectivity index (χ0v) is 12.6. The highest BCUT2D eigenvalue weighted by atomic mass is 19.1. The average molecular weight is 291 g/mol. The summed E-state index contributed by atoms with van der Waals surface area (Å²) in [6.45, 7) is 4.06. The molecule has 0 saturated heterocycles. The van der Waals surface area contributed by atoms with E-state index in [4.69, 9.17) is 5.73 Å². The summed E-state index contributed by atoms with van der Waals surface area (Å²) in [5.74, 6) is 0.0223. The highest BCUT2D eigenvalue weighted by Crippen LogP contribution is 2.20. The number of hydrazine groups is 1. The maximum Gasteiger partial charge on any atom is 0.126 e. The van der Waals surface area contributed by atoms with Gasteiger partial charge in [0.25, 0.3) is 0 Å². The lowest BCUT2D eigenvalue weighted by Gasteiger charge is -2.21. The minimum absolute atomic E-state index is 0.0280. The Bertz CT molecular complexity index is 634. The van der Waals surface area contributed by atoms with Crippen molar-refractivity contribution < 1.29 is 4.39 Å². The van der Waals surface area contributed by atoms with Crippen LogP contribution in [0.1, 0.15) is 25.8 Å². The van der Waals surface area contributed by atoms with Crippen molar-refractivity contribution in [1.29, 1.82) is 0 Å². The maximum absolute atomic E-state index is 13.7. The average Bonchev–Trinajstić information content (AvgIpc) is 2.91. The Kier molecular flexibility index (Phi) is 4.93. The van der Waals surface area contributed by atoms with E-state index in [2.05, 4.69) is 27.8 Å². The summed E-state index contributed by atoms with van der Waals surface area (Å²) in [5.41, 5.74) is 13.5. The molecule has 0 amide bonds. The number of rotatable bonds is 6. The largest absolute Gasteiger partial charge is 0.383 e. The summed E-state index contributed by atoms with van der Waals surface area (Å²) in [6, 6.07) is 4.88. The van der Waals surface area contributed by atoms with Gasteiger partial charge in [0, 0.05) is 28.7 Å². The van der Waals surface area contributed by atoms with Crippen LogP contribution in [0.25, 0.3) is 10.9 Å². The smallest absolute Gasteiger partial charge is 0.126 e. The number of amidine groups is 1. The van der Waals surface area contributed by atoms with Gasteiger partial charge in [-0.1, -0.05) is 6.92 Å². The Balaban J connectivity index is 2.34. The molecule has 2 unspecified atom stereocenters. The fourth-order valence-corrected chi connectivity index (χ4v) is 2.47. The number of nitrogens with two attached hydrogens (primary N) is 1. The predicted molar refractivity (Wildman–Crippen MR) is 84.7 cm³/mol. The number of H-pyrrole nitrogens is 1. The van der Waals surface area contributed by atoms with Crippen LogP contribution < -0.4 is 16.6 Å². The summed E-state index contributed by atoms with van der Waals surface area (Å²) in [4.78, 5) is 7.51. The number of aliphatic imine (C=N–C) groups is 1. The lowest BCUT2D eigenvalue weighted by atomic mass is 10.1. The zero-order valence-electron chi connectivity index (χ0n) is 12.6. The molecule has 21 heavy (non-hydrogen) atoms. The molecule has 2 aromatic rings. The van der Waals surface area contributed by atoms with Crippen LogP contribution in [0.2, 0.25) is 0 Å². The molecule has 2 atom stereocenters. The van der Waals surface area contributed by atoms with Gasteiger partial charge in [-0.15, -0.1) is 0 Å². The van der Waals surface area contributed by atoms with Crippen molar-refractivity contribution in [3.05, 3.63) is 35.8 Å². The monoisotopic (exact) mass is 291 g/mol. The molecular weight excluding hydrogens is 269 g/mol. The lowest BCUT2D eigenvalue weighted by Crippen LogP contribution is -2.44. The number of hydrogen-bond donors (Lipinski definition) is 4. The van der Waals surface area contributed by atoms with Crippen molar-refractivity contribution in [2.75, 3.05) is 7.05 Å². The van der Waals surface area contributed by atoms with Gasteiger partial charge in [0.1, 0.15) is 11.7 Å². The Morgan fingerprint density at radius 1 is 1.48 bits per heavy atom. The van der Waals surface area contributed by atoms with Gasteiger partial charge < -0.3 is 10.7 Å². The van der Waals surface area contributed by atoms with Gasteiger partial charge in [0.2, 0.25) is 0 Å². The fourth-order valence-electron chi connectivity index (χ4n) is 2.47. The van der Waals surface area contributed by atoms with Gasteiger partial charge in [0.15, 0.2) is 0 Å². The van der Waals surface area contributed by atoms with Crippen LogP contribution in [-0.4, -0.2) is 30.0 Å². The van der Waals surface area contributed by atoms with Gasteiger partial charge in [0.05, 0.1) is 6.04 Å². The van der Waals surface area contributed by atoms with Gasteiger partial charge in [-0.2, -0.15) is 0 Å². The molecule has 0 spiro atoms.